The van der Waals surface area contributed by atoms with E-state index in [1.54, 1.807) is 0 Å². The fourth-order valence-electron chi connectivity index (χ4n) is 2.54. The number of nitrogens with zero attached hydrogens (tertiary/aromatic N) is 2. The molecule has 1 N–H and O–H groups in total. The maximum absolute atomic E-state index is 5.43. The van der Waals surface area contributed by atoms with E-state index in [-0.39, 0.29) is 0 Å². The van der Waals surface area contributed by atoms with Crippen LogP contribution in [0.3, 0.4) is 0 Å². The molecule has 0 amide bonds. The van der Waals surface area contributed by atoms with Crippen LogP contribution in [0.2, 0.25) is 0 Å². The molecule has 1 saturated carbocycles. The van der Waals surface area contributed by atoms with Crippen molar-refractivity contribution in [2.45, 2.75) is 46.5 Å². The smallest absolute Gasteiger partial charge is 0.226 e. The quantitative estimate of drug-likeness (QED) is 0.870. The van der Waals surface area contributed by atoms with Gasteiger partial charge in [-0.3, -0.25) is 0 Å². The third kappa shape index (κ3) is 3.34. The molecule has 4 heteroatoms. The molecule has 18 heavy (non-hydrogen) atoms. The lowest BCUT2D eigenvalue weighted by Gasteiger charge is -2.23. The maximum atomic E-state index is 5.43. The molecule has 100 valence electrons. The Morgan fingerprint density at radius 3 is 2.72 bits per heavy atom. The molecule has 0 spiro atoms. The van der Waals surface area contributed by atoms with Gasteiger partial charge in [-0.05, 0) is 32.1 Å². The summed E-state index contributed by atoms with van der Waals surface area (Å²) in [5.41, 5.74) is 1.34. The van der Waals surface area contributed by atoms with Crippen LogP contribution in [0.4, 0.5) is 5.95 Å². The lowest BCUT2D eigenvalue weighted by atomic mass is 9.89. The van der Waals surface area contributed by atoms with Crippen molar-refractivity contribution in [1.29, 1.82) is 0 Å². The summed E-state index contributed by atoms with van der Waals surface area (Å²) in [7, 11) is 0. The number of rotatable bonds is 5. The molecular formula is C14H23N3O. The zero-order chi connectivity index (χ0) is 13.0. The first-order chi connectivity index (χ1) is 8.61. The van der Waals surface area contributed by atoms with Gasteiger partial charge in [-0.1, -0.05) is 19.8 Å². The van der Waals surface area contributed by atoms with E-state index in [1.807, 2.05) is 19.9 Å². The van der Waals surface area contributed by atoms with Crippen molar-refractivity contribution in [2.24, 2.45) is 5.41 Å². The second-order valence-electron chi connectivity index (χ2n) is 5.48. The summed E-state index contributed by atoms with van der Waals surface area (Å²) in [4.78, 5) is 8.78. The topological polar surface area (TPSA) is 47.0 Å². The van der Waals surface area contributed by atoms with Crippen LogP contribution < -0.4 is 10.1 Å². The molecule has 1 fully saturated rings. The van der Waals surface area contributed by atoms with E-state index in [1.165, 1.54) is 25.7 Å². The summed E-state index contributed by atoms with van der Waals surface area (Å²) in [5, 5.41) is 3.36. The van der Waals surface area contributed by atoms with Crippen molar-refractivity contribution in [3.05, 3.63) is 11.8 Å². The minimum Gasteiger partial charge on any atom is -0.478 e. The summed E-state index contributed by atoms with van der Waals surface area (Å²) in [6.45, 7) is 7.85. The molecule has 0 unspecified atom stereocenters. The Kier molecular flexibility index (Phi) is 4.04. The van der Waals surface area contributed by atoms with E-state index in [9.17, 15) is 0 Å². The second kappa shape index (κ2) is 5.55. The summed E-state index contributed by atoms with van der Waals surface area (Å²) in [6.07, 6.45) is 5.28. The molecule has 1 aromatic rings. The van der Waals surface area contributed by atoms with E-state index >= 15 is 0 Å². The van der Waals surface area contributed by atoms with Gasteiger partial charge in [0.05, 0.1) is 6.61 Å². The Labute approximate surface area is 109 Å². The highest BCUT2D eigenvalue weighted by atomic mass is 16.5. The third-order valence-corrected chi connectivity index (χ3v) is 3.61. The number of hydrogen-bond donors (Lipinski definition) is 1. The molecule has 0 saturated heterocycles. The van der Waals surface area contributed by atoms with Gasteiger partial charge in [-0.25, -0.2) is 4.98 Å². The Bertz CT molecular complexity index is 400. The van der Waals surface area contributed by atoms with Crippen LogP contribution in [0.5, 0.6) is 5.88 Å². The highest BCUT2D eigenvalue weighted by Gasteiger charge is 2.28. The Hall–Kier alpha value is -1.32. The predicted molar refractivity (Wildman–Crippen MR) is 73.0 cm³/mol. The van der Waals surface area contributed by atoms with Crippen LogP contribution in [-0.2, 0) is 0 Å². The van der Waals surface area contributed by atoms with Crippen molar-refractivity contribution in [3.8, 4) is 5.88 Å². The molecule has 2 rings (SSSR count). The van der Waals surface area contributed by atoms with Gasteiger partial charge >= 0.3 is 0 Å². The zero-order valence-corrected chi connectivity index (χ0v) is 11.6. The summed E-state index contributed by atoms with van der Waals surface area (Å²) >= 11 is 0. The van der Waals surface area contributed by atoms with Crippen molar-refractivity contribution in [2.75, 3.05) is 18.5 Å². The van der Waals surface area contributed by atoms with E-state index in [0.717, 1.165) is 12.2 Å². The fraction of sp³-hybridized carbons (Fsp3) is 0.714. The van der Waals surface area contributed by atoms with Crippen LogP contribution in [0.15, 0.2) is 6.07 Å². The predicted octanol–water partition coefficient (Wildman–Crippen LogP) is 3.18. The van der Waals surface area contributed by atoms with Crippen molar-refractivity contribution in [3.63, 3.8) is 0 Å². The summed E-state index contributed by atoms with van der Waals surface area (Å²) in [6, 6.07) is 1.87. The normalized spacial score (nSPS) is 17.7. The van der Waals surface area contributed by atoms with Gasteiger partial charge in [0.25, 0.3) is 0 Å². The van der Waals surface area contributed by atoms with Crippen LogP contribution in [0.25, 0.3) is 0 Å². The fourth-order valence-corrected chi connectivity index (χ4v) is 2.54. The van der Waals surface area contributed by atoms with E-state index in [4.69, 9.17) is 4.74 Å². The van der Waals surface area contributed by atoms with Gasteiger partial charge in [0.1, 0.15) is 0 Å². The van der Waals surface area contributed by atoms with Gasteiger partial charge in [0, 0.05) is 18.3 Å². The maximum Gasteiger partial charge on any atom is 0.226 e. The molecule has 4 nitrogen and oxygen atoms in total. The van der Waals surface area contributed by atoms with E-state index < -0.39 is 0 Å². The zero-order valence-electron chi connectivity index (χ0n) is 11.6. The molecule has 0 aromatic carbocycles. The van der Waals surface area contributed by atoms with E-state index in [0.29, 0.717) is 23.9 Å². The minimum atomic E-state index is 0.402. The van der Waals surface area contributed by atoms with Gasteiger partial charge in [-0.15, -0.1) is 0 Å². The minimum absolute atomic E-state index is 0.402. The molecule has 0 radical (unpaired) electrons. The number of anilines is 1. The first-order valence-electron chi connectivity index (χ1n) is 6.84. The van der Waals surface area contributed by atoms with Crippen molar-refractivity contribution >= 4 is 5.95 Å². The largest absolute Gasteiger partial charge is 0.478 e. The lowest BCUT2D eigenvalue weighted by Crippen LogP contribution is -2.24. The number of hydrogen-bond acceptors (Lipinski definition) is 4. The Balaban J connectivity index is 2.00. The van der Waals surface area contributed by atoms with Crippen LogP contribution in [0, 0.1) is 12.3 Å². The SMILES string of the molecule is CCOc1cc(C)nc(NCC2(C)CCCC2)n1. The van der Waals surface area contributed by atoms with E-state index in [2.05, 4.69) is 22.2 Å². The lowest BCUT2D eigenvalue weighted by molar-refractivity contribution is 0.325. The van der Waals surface area contributed by atoms with Crippen molar-refractivity contribution < 1.29 is 4.74 Å². The molecule has 1 aliphatic carbocycles. The molecule has 0 bridgehead atoms. The van der Waals surface area contributed by atoms with Crippen LogP contribution in [-0.4, -0.2) is 23.1 Å². The highest BCUT2D eigenvalue weighted by Crippen LogP contribution is 2.37. The molecule has 0 atom stereocenters. The number of aryl methyl sites for hydroxylation is 1. The first-order valence-corrected chi connectivity index (χ1v) is 6.84. The number of nitrogens with one attached hydrogen (secondary N) is 1. The third-order valence-electron chi connectivity index (χ3n) is 3.61. The molecular weight excluding hydrogens is 226 g/mol. The molecule has 0 aliphatic heterocycles. The highest BCUT2D eigenvalue weighted by molar-refractivity contribution is 5.31. The molecule has 1 aliphatic rings. The Morgan fingerprint density at radius 1 is 1.33 bits per heavy atom. The second-order valence-corrected chi connectivity index (χ2v) is 5.48. The van der Waals surface area contributed by atoms with Crippen LogP contribution >= 0.6 is 0 Å². The number of ether oxygens (including phenoxy) is 1. The monoisotopic (exact) mass is 249 g/mol. The number of aromatic nitrogens is 2. The standard InChI is InChI=1S/C14H23N3O/c1-4-18-12-9-11(2)16-13(17-12)15-10-14(3)7-5-6-8-14/h9H,4-8,10H2,1-3H3,(H,15,16,17). The van der Waals surface area contributed by atoms with Crippen LogP contribution in [0.1, 0.15) is 45.2 Å². The van der Waals surface area contributed by atoms with Gasteiger partial charge in [-0.2, -0.15) is 4.98 Å². The van der Waals surface area contributed by atoms with Gasteiger partial charge in [0.2, 0.25) is 11.8 Å². The molecule has 1 heterocycles. The Morgan fingerprint density at radius 2 is 2.06 bits per heavy atom. The average molecular weight is 249 g/mol. The summed E-state index contributed by atoms with van der Waals surface area (Å²) < 4.78 is 5.43. The summed E-state index contributed by atoms with van der Waals surface area (Å²) in [5.74, 6) is 1.34. The van der Waals surface area contributed by atoms with Gasteiger partial charge in [0.15, 0.2) is 0 Å². The van der Waals surface area contributed by atoms with Gasteiger partial charge < -0.3 is 10.1 Å². The van der Waals surface area contributed by atoms with Crippen molar-refractivity contribution in [1.82, 2.24) is 9.97 Å². The average Bonchev–Trinajstić information content (AvgIpc) is 2.74. The molecule has 1 aromatic heterocycles. The first kappa shape index (κ1) is 13.1.